The number of piperazine rings is 1. The summed E-state index contributed by atoms with van der Waals surface area (Å²) in [5, 5.41) is 16.1. The molecule has 0 radical (unpaired) electrons. The molecule has 2 aromatic rings. The van der Waals surface area contributed by atoms with E-state index in [1.165, 1.54) is 0 Å². The molecule has 0 unspecified atom stereocenters. The molecule has 1 saturated heterocycles. The van der Waals surface area contributed by atoms with Crippen LogP contribution in [-0.4, -0.2) is 80.3 Å². The lowest BCUT2D eigenvalue weighted by Gasteiger charge is -2.36. The number of urea groups is 1. The molecule has 5 rings (SSSR count). The van der Waals surface area contributed by atoms with Crippen LogP contribution in [0, 0.1) is 11.3 Å². The molecule has 38 heavy (non-hydrogen) atoms. The minimum atomic E-state index is -0.592. The minimum Gasteiger partial charge on any atom is -0.484 e. The van der Waals surface area contributed by atoms with E-state index < -0.39 is 6.03 Å². The molecular weight excluding hydrogens is 508 g/mol. The van der Waals surface area contributed by atoms with Gasteiger partial charge in [0, 0.05) is 56.4 Å². The molecule has 0 spiro atoms. The summed E-state index contributed by atoms with van der Waals surface area (Å²) >= 11 is 6.39. The van der Waals surface area contributed by atoms with E-state index in [2.05, 4.69) is 21.6 Å². The Labute approximate surface area is 226 Å². The van der Waals surface area contributed by atoms with Crippen LogP contribution in [0.2, 0.25) is 5.02 Å². The quantitative estimate of drug-likeness (QED) is 0.415. The predicted octanol–water partition coefficient (Wildman–Crippen LogP) is 1.80. The Balaban J connectivity index is 1.30. The number of fused-ring (bicyclic) bond motifs is 2. The fraction of sp³-hybridized carbons (Fsp3) is 0.444. The Morgan fingerprint density at radius 2 is 2.05 bits per heavy atom. The van der Waals surface area contributed by atoms with E-state index in [9.17, 15) is 14.9 Å². The molecule has 4 N–H and O–H groups in total. The molecule has 2 aliphatic heterocycles. The summed E-state index contributed by atoms with van der Waals surface area (Å²) in [5.41, 5.74) is 9.11. The number of nitriles is 1. The Bertz CT molecular complexity index is 1260. The van der Waals surface area contributed by atoms with Gasteiger partial charge >= 0.3 is 6.03 Å². The van der Waals surface area contributed by atoms with Gasteiger partial charge in [-0.1, -0.05) is 17.7 Å². The van der Waals surface area contributed by atoms with E-state index in [0.717, 1.165) is 42.9 Å². The fourth-order valence-corrected chi connectivity index (χ4v) is 5.73. The molecule has 3 amide bonds. The van der Waals surface area contributed by atoms with Gasteiger partial charge in [-0.05, 0) is 47.4 Å². The van der Waals surface area contributed by atoms with Gasteiger partial charge in [-0.25, -0.2) is 4.79 Å². The van der Waals surface area contributed by atoms with Crippen molar-refractivity contribution < 1.29 is 19.1 Å². The third kappa shape index (κ3) is 5.56. The van der Waals surface area contributed by atoms with E-state index >= 15 is 0 Å². The van der Waals surface area contributed by atoms with Crippen molar-refractivity contribution in [2.24, 2.45) is 5.73 Å². The second kappa shape index (κ2) is 11.6. The molecule has 3 aliphatic rings. The fourth-order valence-electron chi connectivity index (χ4n) is 5.50. The number of nitrogens with one attached hydrogen (secondary N) is 2. The first-order chi connectivity index (χ1) is 18.4. The number of hydrogen-bond acceptors (Lipinski definition) is 7. The van der Waals surface area contributed by atoms with Crippen molar-refractivity contribution in [3.05, 3.63) is 63.2 Å². The number of nitrogens with zero attached hydrogens (tertiary/aromatic N) is 3. The van der Waals surface area contributed by atoms with Crippen molar-refractivity contribution in [3.8, 4) is 11.8 Å². The Hall–Kier alpha value is -3.36. The average molecular weight is 539 g/mol. The first-order valence-corrected chi connectivity index (χ1v) is 13.2. The minimum absolute atomic E-state index is 0.0652. The molecule has 2 atom stereocenters. The molecule has 0 saturated carbocycles. The molecule has 0 aromatic heterocycles. The average Bonchev–Trinajstić information content (AvgIpc) is 3.43. The Morgan fingerprint density at radius 3 is 2.82 bits per heavy atom. The topological polar surface area (TPSA) is 133 Å². The maximum atomic E-state index is 13.1. The summed E-state index contributed by atoms with van der Waals surface area (Å²) in [5.74, 6) is 0.550. The van der Waals surface area contributed by atoms with E-state index in [1.807, 2.05) is 24.3 Å². The lowest BCUT2D eigenvalue weighted by atomic mass is 10.0. The molecule has 2 aromatic carbocycles. The highest BCUT2D eigenvalue weighted by Crippen LogP contribution is 2.41. The number of ether oxygens (including phenoxy) is 2. The molecule has 10 nitrogen and oxygen atoms in total. The standard InChI is InChI=1S/C27H31ClN6O4/c28-19-11-18(15-29)21-14-24(33-6-3-31-4-7-33)25(23(21)12-19)38-20-2-1-17-16-34(26(35)22(17)13-20)8-10-37-9-5-32-27(30)36/h1-2,11-13,24-25,31H,3-10,14,16H2,(H3,30,32,36)/t24-,25-/m0/s1. The van der Waals surface area contributed by atoms with Crippen molar-refractivity contribution in [1.29, 1.82) is 5.26 Å². The van der Waals surface area contributed by atoms with Crippen molar-refractivity contribution in [2.75, 3.05) is 52.5 Å². The number of amides is 3. The van der Waals surface area contributed by atoms with Gasteiger partial charge in [0.15, 0.2) is 0 Å². The zero-order valence-electron chi connectivity index (χ0n) is 21.0. The molecular formula is C27H31ClN6O4. The summed E-state index contributed by atoms with van der Waals surface area (Å²) in [6.45, 7) is 5.55. The maximum Gasteiger partial charge on any atom is 0.312 e. The zero-order valence-corrected chi connectivity index (χ0v) is 21.8. The monoisotopic (exact) mass is 538 g/mol. The third-order valence-electron chi connectivity index (χ3n) is 7.33. The second-order valence-electron chi connectivity index (χ2n) is 9.68. The van der Waals surface area contributed by atoms with E-state index in [1.54, 1.807) is 11.0 Å². The molecule has 0 bridgehead atoms. The molecule has 1 aliphatic carbocycles. The van der Waals surface area contributed by atoms with Gasteiger partial charge in [-0.15, -0.1) is 0 Å². The lowest BCUT2D eigenvalue weighted by molar-refractivity contribution is 0.0663. The number of hydrogen-bond donors (Lipinski definition) is 3. The summed E-state index contributed by atoms with van der Waals surface area (Å²) in [6, 6.07) is 11.1. The van der Waals surface area contributed by atoms with Gasteiger partial charge in [-0.3, -0.25) is 9.69 Å². The van der Waals surface area contributed by atoms with Crippen molar-refractivity contribution in [3.63, 3.8) is 0 Å². The predicted molar refractivity (Wildman–Crippen MR) is 141 cm³/mol. The van der Waals surface area contributed by atoms with Crippen LogP contribution < -0.4 is 21.1 Å². The van der Waals surface area contributed by atoms with Gasteiger partial charge in [0.2, 0.25) is 0 Å². The largest absolute Gasteiger partial charge is 0.484 e. The van der Waals surface area contributed by atoms with Crippen LogP contribution in [0.15, 0.2) is 30.3 Å². The SMILES string of the molecule is N#Cc1cc(Cl)cc2c1C[C@H](N1CCNCC1)[C@H]2Oc1ccc2c(c1)C(=O)N(CCOCCNC(N)=O)C2. The Morgan fingerprint density at radius 1 is 1.24 bits per heavy atom. The summed E-state index contributed by atoms with van der Waals surface area (Å²) in [7, 11) is 0. The molecule has 1 fully saturated rings. The van der Waals surface area contributed by atoms with Gasteiger partial charge < -0.3 is 30.7 Å². The van der Waals surface area contributed by atoms with E-state index in [0.29, 0.717) is 61.2 Å². The Kier molecular flexibility index (Phi) is 8.00. The zero-order chi connectivity index (χ0) is 26.6. The number of primary amides is 1. The number of carbonyl (C=O) groups is 2. The van der Waals surface area contributed by atoms with Crippen LogP contribution in [0.1, 0.15) is 38.7 Å². The highest BCUT2D eigenvalue weighted by molar-refractivity contribution is 6.30. The third-order valence-corrected chi connectivity index (χ3v) is 7.55. The lowest BCUT2D eigenvalue weighted by Crippen LogP contribution is -2.50. The number of benzene rings is 2. The highest BCUT2D eigenvalue weighted by atomic mass is 35.5. The van der Waals surface area contributed by atoms with Crippen LogP contribution in [-0.2, 0) is 17.7 Å². The molecule has 11 heteroatoms. The number of nitrogens with two attached hydrogens (primary N) is 1. The molecule has 2 heterocycles. The first-order valence-electron chi connectivity index (χ1n) is 12.8. The van der Waals surface area contributed by atoms with Gasteiger partial charge in [-0.2, -0.15) is 5.26 Å². The van der Waals surface area contributed by atoms with Gasteiger partial charge in [0.1, 0.15) is 11.9 Å². The first kappa shape index (κ1) is 26.3. The summed E-state index contributed by atoms with van der Waals surface area (Å²) in [6.07, 6.45) is 0.411. The second-order valence-corrected chi connectivity index (χ2v) is 10.1. The van der Waals surface area contributed by atoms with Crippen LogP contribution in [0.25, 0.3) is 0 Å². The number of halogens is 1. The highest BCUT2D eigenvalue weighted by Gasteiger charge is 2.40. The summed E-state index contributed by atoms with van der Waals surface area (Å²) < 4.78 is 12.1. The van der Waals surface area contributed by atoms with Crippen LogP contribution in [0.5, 0.6) is 5.75 Å². The van der Waals surface area contributed by atoms with Gasteiger partial charge in [0.25, 0.3) is 5.91 Å². The summed E-state index contributed by atoms with van der Waals surface area (Å²) in [4.78, 5) is 28.0. The number of rotatable bonds is 9. The van der Waals surface area contributed by atoms with E-state index in [4.69, 9.17) is 26.8 Å². The van der Waals surface area contributed by atoms with Crippen LogP contribution in [0.4, 0.5) is 4.79 Å². The molecule has 200 valence electrons. The van der Waals surface area contributed by atoms with Crippen LogP contribution in [0.3, 0.4) is 0 Å². The number of carbonyl (C=O) groups excluding carboxylic acids is 2. The smallest absolute Gasteiger partial charge is 0.312 e. The maximum absolute atomic E-state index is 13.1. The normalized spacial score (nSPS) is 20.6. The van der Waals surface area contributed by atoms with Crippen molar-refractivity contribution in [1.82, 2.24) is 20.4 Å². The van der Waals surface area contributed by atoms with Crippen molar-refractivity contribution in [2.45, 2.75) is 25.1 Å². The van der Waals surface area contributed by atoms with Crippen LogP contribution >= 0.6 is 11.6 Å². The van der Waals surface area contributed by atoms with E-state index in [-0.39, 0.29) is 18.1 Å². The van der Waals surface area contributed by atoms with Crippen molar-refractivity contribution >= 4 is 23.5 Å². The van der Waals surface area contributed by atoms with Gasteiger partial charge in [0.05, 0.1) is 30.9 Å².